The molecule has 0 atom stereocenters. The summed E-state index contributed by atoms with van der Waals surface area (Å²) in [6.07, 6.45) is 1.88. The van der Waals surface area contributed by atoms with E-state index in [1.54, 1.807) is 11.3 Å². The average molecular weight is 420 g/mol. The highest BCUT2D eigenvalue weighted by Crippen LogP contribution is 2.32. The van der Waals surface area contributed by atoms with Crippen molar-refractivity contribution in [1.29, 1.82) is 0 Å². The van der Waals surface area contributed by atoms with E-state index in [1.165, 1.54) is 0 Å². The maximum absolute atomic E-state index is 12.6. The summed E-state index contributed by atoms with van der Waals surface area (Å²) >= 11 is 1.62. The van der Waals surface area contributed by atoms with Crippen LogP contribution in [-0.2, 0) is 4.79 Å². The Morgan fingerprint density at radius 1 is 0.967 bits per heavy atom. The number of thiazole rings is 1. The van der Waals surface area contributed by atoms with Crippen LogP contribution in [0.25, 0.3) is 31.8 Å². The molecule has 154 valence electrons. The average Bonchev–Trinajstić information content (AvgIpc) is 3.21. The predicted octanol–water partition coefficient (Wildman–Crippen LogP) is 5.54. The van der Waals surface area contributed by atoms with Crippen molar-refractivity contribution < 1.29 is 9.53 Å². The van der Waals surface area contributed by atoms with Crippen LogP contribution in [0.1, 0.15) is 26.7 Å². The van der Waals surface area contributed by atoms with Gasteiger partial charge in [0.2, 0.25) is 0 Å². The van der Waals surface area contributed by atoms with E-state index in [1.807, 2.05) is 53.4 Å². The highest BCUT2D eigenvalue weighted by atomic mass is 32.1. The molecule has 2 aromatic heterocycles. The van der Waals surface area contributed by atoms with Crippen molar-refractivity contribution in [3.63, 3.8) is 0 Å². The Morgan fingerprint density at radius 2 is 1.77 bits per heavy atom. The van der Waals surface area contributed by atoms with Crippen LogP contribution in [0.4, 0.5) is 0 Å². The van der Waals surface area contributed by atoms with E-state index in [-0.39, 0.29) is 12.5 Å². The summed E-state index contributed by atoms with van der Waals surface area (Å²) in [6.45, 7) is 5.69. The third-order valence-corrected chi connectivity index (χ3v) is 5.95. The van der Waals surface area contributed by atoms with Crippen molar-refractivity contribution >= 4 is 38.4 Å². The van der Waals surface area contributed by atoms with Crippen LogP contribution < -0.4 is 4.74 Å². The molecule has 0 aliphatic carbocycles. The number of carbonyl (C=O) groups excluding carboxylic acids is 1. The second kappa shape index (κ2) is 9.22. The minimum atomic E-state index is 0.0121. The SMILES string of the molecule is CCCN(CCC)C(=O)COc1cccc2ccc(-c3nc4ccccc4s3)nc12. The first-order valence-corrected chi connectivity index (χ1v) is 11.2. The normalized spacial score (nSPS) is 11.1. The summed E-state index contributed by atoms with van der Waals surface area (Å²) in [5, 5.41) is 1.85. The first kappa shape index (κ1) is 20.3. The number of para-hydroxylation sites is 2. The predicted molar refractivity (Wildman–Crippen MR) is 123 cm³/mol. The van der Waals surface area contributed by atoms with Gasteiger partial charge < -0.3 is 9.64 Å². The second-order valence-corrected chi connectivity index (χ2v) is 8.21. The van der Waals surface area contributed by atoms with Crippen LogP contribution in [0.5, 0.6) is 5.75 Å². The summed E-state index contributed by atoms with van der Waals surface area (Å²) in [4.78, 5) is 24.0. The molecule has 0 aliphatic heterocycles. The molecule has 4 rings (SSSR count). The Bertz CT molecular complexity index is 1130. The van der Waals surface area contributed by atoms with Gasteiger partial charge in [-0.2, -0.15) is 0 Å². The number of nitrogens with zero attached hydrogens (tertiary/aromatic N) is 3. The summed E-state index contributed by atoms with van der Waals surface area (Å²) in [5.74, 6) is 0.634. The number of carbonyl (C=O) groups is 1. The molecule has 2 heterocycles. The Morgan fingerprint density at radius 3 is 2.53 bits per heavy atom. The van der Waals surface area contributed by atoms with E-state index in [0.29, 0.717) is 5.75 Å². The van der Waals surface area contributed by atoms with Gasteiger partial charge >= 0.3 is 0 Å². The van der Waals surface area contributed by atoms with Crippen molar-refractivity contribution in [2.75, 3.05) is 19.7 Å². The highest BCUT2D eigenvalue weighted by Gasteiger charge is 2.15. The fourth-order valence-corrected chi connectivity index (χ4v) is 4.40. The fourth-order valence-electron chi connectivity index (χ4n) is 3.47. The number of fused-ring (bicyclic) bond motifs is 2. The Labute approximate surface area is 180 Å². The van der Waals surface area contributed by atoms with E-state index in [4.69, 9.17) is 14.7 Å². The molecule has 4 aromatic rings. The van der Waals surface area contributed by atoms with Crippen LogP contribution >= 0.6 is 11.3 Å². The van der Waals surface area contributed by atoms with Gasteiger partial charge in [-0.15, -0.1) is 11.3 Å². The number of benzene rings is 2. The Hall–Kier alpha value is -2.99. The van der Waals surface area contributed by atoms with Crippen molar-refractivity contribution in [3.8, 4) is 16.5 Å². The highest BCUT2D eigenvalue weighted by molar-refractivity contribution is 7.21. The lowest BCUT2D eigenvalue weighted by Crippen LogP contribution is -2.36. The third-order valence-electron chi connectivity index (χ3n) is 4.89. The van der Waals surface area contributed by atoms with Crippen LogP contribution in [0, 0.1) is 0 Å². The molecule has 6 heteroatoms. The van der Waals surface area contributed by atoms with Gasteiger partial charge in [0.1, 0.15) is 16.3 Å². The van der Waals surface area contributed by atoms with Gasteiger partial charge in [-0.05, 0) is 37.1 Å². The van der Waals surface area contributed by atoms with Gasteiger partial charge in [-0.1, -0.05) is 44.2 Å². The molecule has 0 bridgehead atoms. The first-order chi connectivity index (χ1) is 14.7. The molecule has 2 aromatic carbocycles. The lowest BCUT2D eigenvalue weighted by atomic mass is 10.2. The van der Waals surface area contributed by atoms with Crippen LogP contribution in [0.15, 0.2) is 54.6 Å². The molecule has 0 saturated carbocycles. The summed E-state index contributed by atoms with van der Waals surface area (Å²) in [6, 6.07) is 17.9. The maximum Gasteiger partial charge on any atom is 0.260 e. The van der Waals surface area contributed by atoms with Gasteiger partial charge in [0.05, 0.1) is 15.9 Å². The smallest absolute Gasteiger partial charge is 0.260 e. The number of hydrogen-bond acceptors (Lipinski definition) is 5. The monoisotopic (exact) mass is 419 g/mol. The lowest BCUT2D eigenvalue weighted by molar-refractivity contribution is -0.133. The van der Waals surface area contributed by atoms with Crippen LogP contribution in [0.2, 0.25) is 0 Å². The summed E-state index contributed by atoms with van der Waals surface area (Å²) < 4.78 is 7.07. The number of aromatic nitrogens is 2. The van der Waals surface area contributed by atoms with Crippen molar-refractivity contribution in [2.24, 2.45) is 0 Å². The fraction of sp³-hybridized carbons (Fsp3) is 0.292. The molecule has 5 nitrogen and oxygen atoms in total. The Kier molecular flexibility index (Phi) is 6.23. The number of rotatable bonds is 8. The third kappa shape index (κ3) is 4.28. The van der Waals surface area contributed by atoms with Crippen LogP contribution in [0.3, 0.4) is 0 Å². The van der Waals surface area contributed by atoms with Gasteiger partial charge in [-0.3, -0.25) is 4.79 Å². The van der Waals surface area contributed by atoms with Gasteiger partial charge in [0.15, 0.2) is 6.61 Å². The molecule has 0 spiro atoms. The second-order valence-electron chi connectivity index (χ2n) is 7.18. The molecular formula is C24H25N3O2S. The largest absolute Gasteiger partial charge is 0.481 e. The van der Waals surface area contributed by atoms with Crippen molar-refractivity contribution in [3.05, 3.63) is 54.6 Å². The van der Waals surface area contributed by atoms with Gasteiger partial charge in [-0.25, -0.2) is 9.97 Å². The van der Waals surface area contributed by atoms with Crippen LogP contribution in [-0.4, -0.2) is 40.5 Å². The number of hydrogen-bond donors (Lipinski definition) is 0. The number of pyridine rings is 1. The zero-order valence-corrected chi connectivity index (χ0v) is 18.1. The summed E-state index contributed by atoms with van der Waals surface area (Å²) in [7, 11) is 0. The number of ether oxygens (including phenoxy) is 1. The zero-order valence-electron chi connectivity index (χ0n) is 17.3. The quantitative estimate of drug-likeness (QED) is 0.376. The van der Waals surface area contributed by atoms with E-state index < -0.39 is 0 Å². The van der Waals surface area contributed by atoms with E-state index in [0.717, 1.165) is 57.8 Å². The van der Waals surface area contributed by atoms with E-state index >= 15 is 0 Å². The maximum atomic E-state index is 12.6. The molecule has 0 unspecified atom stereocenters. The Balaban J connectivity index is 1.61. The standard InChI is InChI=1S/C24H25N3O2S/c1-3-14-27(15-4-2)22(28)16-29-20-10-7-8-17-12-13-19(25-23(17)20)24-26-18-9-5-6-11-21(18)30-24/h5-13H,3-4,14-16H2,1-2H3. The van der Waals surface area contributed by atoms with Gasteiger partial charge in [0, 0.05) is 18.5 Å². The molecule has 30 heavy (non-hydrogen) atoms. The van der Waals surface area contributed by atoms with E-state index in [2.05, 4.69) is 19.9 Å². The zero-order chi connectivity index (χ0) is 20.9. The molecule has 0 aliphatic rings. The number of amides is 1. The van der Waals surface area contributed by atoms with Gasteiger partial charge in [0.25, 0.3) is 5.91 Å². The molecular weight excluding hydrogens is 394 g/mol. The molecule has 0 fully saturated rings. The molecule has 0 radical (unpaired) electrons. The van der Waals surface area contributed by atoms with Crippen molar-refractivity contribution in [2.45, 2.75) is 26.7 Å². The van der Waals surface area contributed by atoms with Crippen molar-refractivity contribution in [1.82, 2.24) is 14.9 Å². The molecule has 1 amide bonds. The molecule has 0 N–H and O–H groups in total. The minimum absolute atomic E-state index is 0.0121. The van der Waals surface area contributed by atoms with E-state index in [9.17, 15) is 4.79 Å². The minimum Gasteiger partial charge on any atom is -0.481 e. The lowest BCUT2D eigenvalue weighted by Gasteiger charge is -2.21. The summed E-state index contributed by atoms with van der Waals surface area (Å²) in [5.41, 5.74) is 2.53. The topological polar surface area (TPSA) is 55.3 Å². The molecule has 0 saturated heterocycles. The first-order valence-electron chi connectivity index (χ1n) is 10.4.